The Morgan fingerprint density at radius 3 is 2.33 bits per heavy atom. The molecule has 3 heterocycles. The van der Waals surface area contributed by atoms with Gasteiger partial charge in [0.15, 0.2) is 5.82 Å². The van der Waals surface area contributed by atoms with Crippen LogP contribution >= 0.6 is 0 Å². The molecule has 0 spiro atoms. The molecule has 33 heavy (non-hydrogen) atoms. The van der Waals surface area contributed by atoms with Crippen molar-refractivity contribution < 1.29 is 4.52 Å². The lowest BCUT2D eigenvalue weighted by Gasteiger charge is -2.31. The van der Waals surface area contributed by atoms with Crippen LogP contribution in [0.5, 0.6) is 0 Å². The van der Waals surface area contributed by atoms with Crippen LogP contribution in [0.1, 0.15) is 32.2 Å². The second-order valence-electron chi connectivity index (χ2n) is 8.60. The van der Waals surface area contributed by atoms with Crippen LogP contribution in [0.4, 0.5) is 5.95 Å². The molecule has 5 aromatic rings. The van der Waals surface area contributed by atoms with E-state index in [9.17, 15) is 0 Å². The number of pyridine rings is 1. The van der Waals surface area contributed by atoms with E-state index in [4.69, 9.17) is 15.2 Å². The lowest BCUT2D eigenvalue weighted by Crippen LogP contribution is -2.31. The average Bonchev–Trinajstić information content (AvgIpc) is 3.34. The quantitative estimate of drug-likeness (QED) is 0.399. The molecule has 0 radical (unpaired) electrons. The van der Waals surface area contributed by atoms with E-state index in [1.807, 2.05) is 30.5 Å². The zero-order chi connectivity index (χ0) is 23.0. The SMILES string of the molecule is CC(C)C(C)(c1ccc(-c2cnc(N)nc2)cc1)c1noc(-c2cncc3ccccc23)n1. The highest BCUT2D eigenvalue weighted by molar-refractivity contribution is 5.93. The van der Waals surface area contributed by atoms with E-state index in [1.165, 1.54) is 0 Å². The molecule has 7 heteroatoms. The molecule has 3 aromatic heterocycles. The summed E-state index contributed by atoms with van der Waals surface area (Å²) < 4.78 is 5.75. The zero-order valence-electron chi connectivity index (χ0n) is 18.7. The minimum atomic E-state index is -0.449. The summed E-state index contributed by atoms with van der Waals surface area (Å²) in [5.41, 5.74) is 9.01. The number of aromatic nitrogens is 5. The smallest absolute Gasteiger partial charge is 0.260 e. The van der Waals surface area contributed by atoms with Gasteiger partial charge in [0.25, 0.3) is 5.89 Å². The van der Waals surface area contributed by atoms with Crippen LogP contribution in [0, 0.1) is 5.92 Å². The van der Waals surface area contributed by atoms with Gasteiger partial charge >= 0.3 is 0 Å². The maximum absolute atomic E-state index is 5.75. The summed E-state index contributed by atoms with van der Waals surface area (Å²) in [5, 5.41) is 6.47. The predicted molar refractivity (Wildman–Crippen MR) is 128 cm³/mol. The van der Waals surface area contributed by atoms with Gasteiger partial charge in [0, 0.05) is 35.7 Å². The number of fused-ring (bicyclic) bond motifs is 1. The third-order valence-corrected chi connectivity index (χ3v) is 6.43. The van der Waals surface area contributed by atoms with Gasteiger partial charge in [-0.25, -0.2) is 9.97 Å². The Labute approximate surface area is 191 Å². The second-order valence-corrected chi connectivity index (χ2v) is 8.60. The van der Waals surface area contributed by atoms with Gasteiger partial charge in [0.2, 0.25) is 5.95 Å². The third-order valence-electron chi connectivity index (χ3n) is 6.43. The van der Waals surface area contributed by atoms with Crippen molar-refractivity contribution in [3.63, 3.8) is 0 Å². The zero-order valence-corrected chi connectivity index (χ0v) is 18.7. The van der Waals surface area contributed by atoms with Gasteiger partial charge < -0.3 is 10.3 Å². The van der Waals surface area contributed by atoms with Crippen molar-refractivity contribution in [3.8, 4) is 22.6 Å². The Hall–Kier alpha value is -4.13. The van der Waals surface area contributed by atoms with E-state index in [-0.39, 0.29) is 11.9 Å². The van der Waals surface area contributed by atoms with Gasteiger partial charge in [-0.05, 0) is 29.4 Å². The highest BCUT2D eigenvalue weighted by Gasteiger charge is 2.37. The van der Waals surface area contributed by atoms with E-state index in [0.29, 0.717) is 11.7 Å². The van der Waals surface area contributed by atoms with E-state index in [2.05, 4.69) is 65.1 Å². The Bertz CT molecular complexity index is 1400. The van der Waals surface area contributed by atoms with Crippen LogP contribution in [0.3, 0.4) is 0 Å². The summed E-state index contributed by atoms with van der Waals surface area (Å²) in [5.74, 6) is 1.59. The van der Waals surface area contributed by atoms with Crippen molar-refractivity contribution in [1.29, 1.82) is 0 Å². The predicted octanol–water partition coefficient (Wildman–Crippen LogP) is 5.29. The molecule has 2 aromatic carbocycles. The molecule has 0 saturated carbocycles. The summed E-state index contributed by atoms with van der Waals surface area (Å²) in [4.78, 5) is 17.4. The van der Waals surface area contributed by atoms with Gasteiger partial charge in [-0.15, -0.1) is 0 Å². The first-order valence-electron chi connectivity index (χ1n) is 10.8. The van der Waals surface area contributed by atoms with Crippen molar-refractivity contribution in [2.75, 3.05) is 5.73 Å². The molecule has 1 atom stereocenters. The molecule has 0 amide bonds. The number of benzene rings is 2. The number of nitrogens with two attached hydrogens (primary N) is 1. The first-order chi connectivity index (χ1) is 16.0. The van der Waals surface area contributed by atoms with E-state index in [1.54, 1.807) is 18.6 Å². The molecule has 5 rings (SSSR count). The minimum Gasteiger partial charge on any atom is -0.368 e. The monoisotopic (exact) mass is 436 g/mol. The largest absolute Gasteiger partial charge is 0.368 e. The molecule has 164 valence electrons. The summed E-state index contributed by atoms with van der Waals surface area (Å²) >= 11 is 0. The lowest BCUT2D eigenvalue weighted by atomic mass is 9.72. The third kappa shape index (κ3) is 3.61. The van der Waals surface area contributed by atoms with Crippen molar-refractivity contribution in [3.05, 3.63) is 84.7 Å². The summed E-state index contributed by atoms with van der Waals surface area (Å²) in [6.07, 6.45) is 7.06. The summed E-state index contributed by atoms with van der Waals surface area (Å²) in [6.45, 7) is 6.48. The summed E-state index contributed by atoms with van der Waals surface area (Å²) in [7, 11) is 0. The number of hydrogen-bond donors (Lipinski definition) is 1. The first-order valence-corrected chi connectivity index (χ1v) is 10.8. The molecule has 2 N–H and O–H groups in total. The lowest BCUT2D eigenvalue weighted by molar-refractivity contribution is 0.351. The summed E-state index contributed by atoms with van der Waals surface area (Å²) in [6, 6.07) is 16.4. The van der Waals surface area contributed by atoms with E-state index >= 15 is 0 Å². The normalized spacial score (nSPS) is 13.3. The van der Waals surface area contributed by atoms with Crippen LogP contribution < -0.4 is 5.73 Å². The first kappa shape index (κ1) is 20.8. The van der Waals surface area contributed by atoms with Crippen molar-refractivity contribution in [1.82, 2.24) is 25.1 Å². The van der Waals surface area contributed by atoms with Gasteiger partial charge in [0.05, 0.1) is 11.0 Å². The second kappa shape index (κ2) is 8.09. The number of rotatable bonds is 5. The van der Waals surface area contributed by atoms with Gasteiger partial charge in [-0.2, -0.15) is 4.98 Å². The van der Waals surface area contributed by atoms with Crippen LogP contribution in [-0.2, 0) is 5.41 Å². The standard InChI is InChI=1S/C26H24N6O/c1-16(2)26(3,20-10-8-17(9-11-20)19-13-29-25(27)30-14-19)24-31-23(33-32-24)22-15-28-12-18-6-4-5-7-21(18)22/h4-16H,1-3H3,(H2,27,29,30). The van der Waals surface area contributed by atoms with Crippen molar-refractivity contribution in [2.24, 2.45) is 5.92 Å². The number of nitrogen functional groups attached to an aromatic ring is 1. The van der Waals surface area contributed by atoms with E-state index < -0.39 is 5.41 Å². The number of anilines is 1. The topological polar surface area (TPSA) is 104 Å². The fourth-order valence-corrected chi connectivity index (χ4v) is 4.05. The Balaban J connectivity index is 1.54. The Morgan fingerprint density at radius 2 is 1.61 bits per heavy atom. The molecule has 0 aliphatic carbocycles. The molecule has 0 aliphatic heterocycles. The molecular weight excluding hydrogens is 412 g/mol. The highest BCUT2D eigenvalue weighted by Crippen LogP contribution is 2.39. The average molecular weight is 437 g/mol. The van der Waals surface area contributed by atoms with Crippen LogP contribution in [-0.4, -0.2) is 25.1 Å². The van der Waals surface area contributed by atoms with Crippen molar-refractivity contribution in [2.45, 2.75) is 26.2 Å². The molecule has 0 aliphatic rings. The maximum atomic E-state index is 5.75. The molecule has 0 bridgehead atoms. The molecule has 7 nitrogen and oxygen atoms in total. The molecular formula is C26H24N6O. The fraction of sp³-hybridized carbons (Fsp3) is 0.192. The Kier molecular flexibility index (Phi) is 5.09. The van der Waals surface area contributed by atoms with Crippen LogP contribution in [0.15, 0.2) is 77.8 Å². The van der Waals surface area contributed by atoms with E-state index in [0.717, 1.165) is 33.0 Å². The van der Waals surface area contributed by atoms with Crippen LogP contribution in [0.2, 0.25) is 0 Å². The maximum Gasteiger partial charge on any atom is 0.260 e. The number of hydrogen-bond acceptors (Lipinski definition) is 7. The van der Waals surface area contributed by atoms with Gasteiger partial charge in [0.1, 0.15) is 0 Å². The number of nitrogens with zero attached hydrogens (tertiary/aromatic N) is 5. The highest BCUT2D eigenvalue weighted by atomic mass is 16.5. The molecule has 1 unspecified atom stereocenters. The van der Waals surface area contributed by atoms with Gasteiger partial charge in [-0.1, -0.05) is 67.5 Å². The van der Waals surface area contributed by atoms with Crippen molar-refractivity contribution >= 4 is 16.7 Å². The molecule has 0 saturated heterocycles. The minimum absolute atomic E-state index is 0.222. The van der Waals surface area contributed by atoms with Crippen LogP contribution in [0.25, 0.3) is 33.4 Å². The fourth-order valence-electron chi connectivity index (χ4n) is 4.05. The molecule has 0 fully saturated rings. The Morgan fingerprint density at radius 1 is 0.879 bits per heavy atom. The van der Waals surface area contributed by atoms with Gasteiger partial charge in [-0.3, -0.25) is 4.98 Å².